The molecule has 0 aliphatic carbocycles. The normalized spacial score (nSPS) is 10.3. The maximum Gasteiger partial charge on any atom is 0.224 e. The molecule has 0 aliphatic rings. The number of hydrogen-bond acceptors (Lipinski definition) is 3. The molecule has 1 heterocycles. The largest absolute Gasteiger partial charge is 0.354 e. The third kappa shape index (κ3) is 3.17. The molecule has 2 aromatic rings. The molecule has 0 radical (unpaired) electrons. The lowest BCUT2D eigenvalue weighted by Gasteiger charge is -2.19. The van der Waals surface area contributed by atoms with E-state index in [1.807, 2.05) is 30.1 Å². The minimum absolute atomic E-state index is 0.253. The zero-order chi connectivity index (χ0) is 12.3. The van der Waals surface area contributed by atoms with Gasteiger partial charge in [0.05, 0.1) is 4.47 Å². The average molecular weight is 313 g/mol. The molecule has 17 heavy (non-hydrogen) atoms. The highest BCUT2D eigenvalue weighted by Crippen LogP contribution is 2.24. The van der Waals surface area contributed by atoms with Crippen LogP contribution in [0, 0.1) is 0 Å². The fraction of sp³-hybridized carbons (Fsp3) is 0.167. The van der Waals surface area contributed by atoms with Gasteiger partial charge in [-0.1, -0.05) is 30.3 Å². The van der Waals surface area contributed by atoms with Crippen LogP contribution in [0.5, 0.6) is 0 Å². The lowest BCUT2D eigenvalue weighted by atomic mass is 10.2. The average Bonchev–Trinajstić information content (AvgIpc) is 2.33. The highest BCUT2D eigenvalue weighted by molar-refractivity contribution is 9.10. The van der Waals surface area contributed by atoms with Gasteiger partial charge in [-0.2, -0.15) is 4.98 Å². The maximum atomic E-state index is 5.79. The zero-order valence-electron chi connectivity index (χ0n) is 9.27. The Kier molecular flexibility index (Phi) is 3.97. The van der Waals surface area contributed by atoms with Crippen molar-refractivity contribution in [2.45, 2.75) is 6.54 Å². The van der Waals surface area contributed by atoms with Gasteiger partial charge in [0.15, 0.2) is 0 Å². The molecule has 0 amide bonds. The van der Waals surface area contributed by atoms with Gasteiger partial charge in [0, 0.05) is 19.8 Å². The molecule has 0 atom stereocenters. The smallest absolute Gasteiger partial charge is 0.224 e. The molecule has 0 fully saturated rings. The van der Waals surface area contributed by atoms with Crippen molar-refractivity contribution in [3.8, 4) is 0 Å². The second kappa shape index (κ2) is 5.47. The first-order valence-corrected chi connectivity index (χ1v) is 6.27. The van der Waals surface area contributed by atoms with E-state index in [-0.39, 0.29) is 5.28 Å². The molecular formula is C12H11BrClN3. The van der Waals surface area contributed by atoms with Crippen LogP contribution in [-0.4, -0.2) is 17.0 Å². The van der Waals surface area contributed by atoms with Crippen molar-refractivity contribution in [2.24, 2.45) is 0 Å². The minimum atomic E-state index is 0.253. The zero-order valence-corrected chi connectivity index (χ0v) is 11.6. The van der Waals surface area contributed by atoms with E-state index in [1.54, 1.807) is 6.20 Å². The summed E-state index contributed by atoms with van der Waals surface area (Å²) >= 11 is 9.21. The molecule has 88 valence electrons. The van der Waals surface area contributed by atoms with Crippen LogP contribution < -0.4 is 4.90 Å². The van der Waals surface area contributed by atoms with E-state index >= 15 is 0 Å². The van der Waals surface area contributed by atoms with E-state index in [1.165, 1.54) is 5.56 Å². The van der Waals surface area contributed by atoms with Crippen LogP contribution in [0.4, 0.5) is 5.82 Å². The molecule has 3 nitrogen and oxygen atoms in total. The Hall–Kier alpha value is -1.13. The van der Waals surface area contributed by atoms with Gasteiger partial charge < -0.3 is 4.90 Å². The van der Waals surface area contributed by atoms with Crippen molar-refractivity contribution in [1.29, 1.82) is 0 Å². The Morgan fingerprint density at radius 2 is 2.00 bits per heavy atom. The Morgan fingerprint density at radius 1 is 1.29 bits per heavy atom. The first-order valence-electron chi connectivity index (χ1n) is 5.10. The second-order valence-electron chi connectivity index (χ2n) is 3.65. The molecule has 0 saturated heterocycles. The lowest BCUT2D eigenvalue weighted by Crippen LogP contribution is -2.18. The highest BCUT2D eigenvalue weighted by Gasteiger charge is 2.09. The Labute approximate surface area is 114 Å². The van der Waals surface area contributed by atoms with Gasteiger partial charge in [0.2, 0.25) is 5.28 Å². The topological polar surface area (TPSA) is 29.0 Å². The van der Waals surface area contributed by atoms with E-state index < -0.39 is 0 Å². The third-order valence-electron chi connectivity index (χ3n) is 2.32. The van der Waals surface area contributed by atoms with E-state index in [0.29, 0.717) is 0 Å². The second-order valence-corrected chi connectivity index (χ2v) is 4.84. The monoisotopic (exact) mass is 311 g/mol. The van der Waals surface area contributed by atoms with Crippen molar-refractivity contribution in [2.75, 3.05) is 11.9 Å². The van der Waals surface area contributed by atoms with Gasteiger partial charge in [-0.25, -0.2) is 4.98 Å². The van der Waals surface area contributed by atoms with E-state index in [0.717, 1.165) is 16.8 Å². The number of benzene rings is 1. The molecule has 2 rings (SSSR count). The molecule has 0 spiro atoms. The molecule has 0 N–H and O–H groups in total. The number of anilines is 1. The summed E-state index contributed by atoms with van der Waals surface area (Å²) in [5.41, 5.74) is 1.22. The van der Waals surface area contributed by atoms with Crippen LogP contribution in [0.2, 0.25) is 5.28 Å². The van der Waals surface area contributed by atoms with Gasteiger partial charge in [0.1, 0.15) is 5.82 Å². The van der Waals surface area contributed by atoms with Gasteiger partial charge in [0.25, 0.3) is 0 Å². The summed E-state index contributed by atoms with van der Waals surface area (Å²) in [7, 11) is 1.97. The van der Waals surface area contributed by atoms with E-state index in [9.17, 15) is 0 Å². The fourth-order valence-electron chi connectivity index (χ4n) is 1.54. The van der Waals surface area contributed by atoms with E-state index in [4.69, 9.17) is 11.6 Å². The lowest BCUT2D eigenvalue weighted by molar-refractivity contribution is 0.886. The Bertz CT molecular complexity index is 504. The Morgan fingerprint density at radius 3 is 2.71 bits per heavy atom. The quantitative estimate of drug-likeness (QED) is 0.812. The van der Waals surface area contributed by atoms with Gasteiger partial charge in [-0.05, 0) is 33.1 Å². The number of hydrogen-bond donors (Lipinski definition) is 0. The minimum Gasteiger partial charge on any atom is -0.354 e. The van der Waals surface area contributed by atoms with Crippen LogP contribution in [0.25, 0.3) is 0 Å². The van der Waals surface area contributed by atoms with Gasteiger partial charge in [-0.15, -0.1) is 0 Å². The molecule has 5 heteroatoms. The van der Waals surface area contributed by atoms with Crippen LogP contribution in [-0.2, 0) is 6.54 Å². The molecule has 0 unspecified atom stereocenters. The number of halogens is 2. The summed E-state index contributed by atoms with van der Waals surface area (Å²) in [5, 5.41) is 0.253. The standard InChI is InChI=1S/C12H11BrClN3/c1-17(8-9-5-3-2-4-6-9)11-10(13)7-15-12(14)16-11/h2-7H,8H2,1H3. The number of aromatic nitrogens is 2. The number of rotatable bonds is 3. The third-order valence-corrected chi connectivity index (χ3v) is 3.06. The van der Waals surface area contributed by atoms with Crippen LogP contribution >= 0.6 is 27.5 Å². The molecule has 0 aliphatic heterocycles. The van der Waals surface area contributed by atoms with Crippen molar-refractivity contribution in [3.05, 3.63) is 51.8 Å². The first-order chi connectivity index (χ1) is 8.16. The predicted octanol–water partition coefficient (Wildman–Crippen LogP) is 3.53. The van der Waals surface area contributed by atoms with Crippen LogP contribution in [0.15, 0.2) is 41.0 Å². The molecule has 0 saturated carbocycles. The molecule has 1 aromatic carbocycles. The summed E-state index contributed by atoms with van der Waals surface area (Å²) in [4.78, 5) is 10.1. The fourth-order valence-corrected chi connectivity index (χ4v) is 2.16. The highest BCUT2D eigenvalue weighted by atomic mass is 79.9. The SMILES string of the molecule is CN(Cc1ccccc1)c1nc(Cl)ncc1Br. The van der Waals surface area contributed by atoms with Crippen molar-refractivity contribution in [3.63, 3.8) is 0 Å². The first kappa shape index (κ1) is 12.3. The van der Waals surface area contributed by atoms with Crippen LogP contribution in [0.3, 0.4) is 0 Å². The maximum absolute atomic E-state index is 5.79. The predicted molar refractivity (Wildman–Crippen MR) is 73.3 cm³/mol. The summed E-state index contributed by atoms with van der Waals surface area (Å²) in [5.74, 6) is 0.786. The molecular weight excluding hydrogens is 302 g/mol. The summed E-state index contributed by atoms with van der Waals surface area (Å²) in [6.45, 7) is 0.771. The van der Waals surface area contributed by atoms with Crippen molar-refractivity contribution >= 4 is 33.3 Å². The summed E-state index contributed by atoms with van der Waals surface area (Å²) in [6, 6.07) is 10.2. The van der Waals surface area contributed by atoms with Crippen LogP contribution in [0.1, 0.15) is 5.56 Å². The summed E-state index contributed by atoms with van der Waals surface area (Å²) in [6.07, 6.45) is 1.66. The Balaban J connectivity index is 2.20. The van der Waals surface area contributed by atoms with Gasteiger partial charge in [-0.3, -0.25) is 0 Å². The van der Waals surface area contributed by atoms with Crippen molar-refractivity contribution < 1.29 is 0 Å². The van der Waals surface area contributed by atoms with Crippen molar-refractivity contribution in [1.82, 2.24) is 9.97 Å². The summed E-state index contributed by atoms with van der Waals surface area (Å²) < 4.78 is 0.834. The number of nitrogens with zero attached hydrogens (tertiary/aromatic N) is 3. The molecule has 0 bridgehead atoms. The molecule has 1 aromatic heterocycles. The van der Waals surface area contributed by atoms with Gasteiger partial charge >= 0.3 is 0 Å². The van der Waals surface area contributed by atoms with E-state index in [2.05, 4.69) is 38.0 Å².